The van der Waals surface area contributed by atoms with Crippen LogP contribution in [0.3, 0.4) is 0 Å². The van der Waals surface area contributed by atoms with E-state index in [2.05, 4.69) is 20.9 Å². The van der Waals surface area contributed by atoms with E-state index in [9.17, 15) is 14.9 Å². The third-order valence-corrected chi connectivity index (χ3v) is 4.09. The minimum absolute atomic E-state index is 0.136. The molecule has 1 heterocycles. The van der Waals surface area contributed by atoms with Crippen LogP contribution in [0.4, 0.5) is 16.2 Å². The van der Waals surface area contributed by atoms with Crippen LogP contribution in [0.2, 0.25) is 0 Å². The van der Waals surface area contributed by atoms with Crippen molar-refractivity contribution in [3.05, 3.63) is 49.4 Å². The Kier molecular flexibility index (Phi) is 5.55. The topological polar surface area (TPSA) is 85.6 Å². The Balaban J connectivity index is 2.47. The van der Waals surface area contributed by atoms with Gasteiger partial charge in [-0.15, -0.1) is 11.3 Å². The third-order valence-electron chi connectivity index (χ3n) is 2.84. The molecule has 1 aromatic carbocycles. The first-order valence-corrected chi connectivity index (χ1v) is 8.66. The largest absolute Gasteiger partial charge is 0.443 e. The minimum atomic E-state index is -0.718. The average molecular weight is 414 g/mol. The second kappa shape index (κ2) is 7.27. The average Bonchev–Trinajstić information content (AvgIpc) is 2.95. The number of amides is 1. The summed E-state index contributed by atoms with van der Waals surface area (Å²) in [7, 11) is 0. The van der Waals surface area contributed by atoms with Gasteiger partial charge in [-0.2, -0.15) is 0 Å². The lowest BCUT2D eigenvalue weighted by atomic mass is 10.2. The van der Waals surface area contributed by atoms with Crippen molar-refractivity contribution in [3.8, 4) is 0 Å². The van der Waals surface area contributed by atoms with Crippen LogP contribution in [-0.4, -0.2) is 21.6 Å². The molecule has 0 aliphatic heterocycles. The third kappa shape index (κ3) is 4.75. The molecule has 1 aromatic heterocycles. The number of ether oxygens (including phenoxy) is 1. The maximum absolute atomic E-state index is 12.6. The highest BCUT2D eigenvalue weighted by molar-refractivity contribution is 9.10. The van der Waals surface area contributed by atoms with Gasteiger partial charge >= 0.3 is 6.09 Å². The first-order chi connectivity index (χ1) is 11.2. The number of hydrogen-bond acceptors (Lipinski definition) is 6. The van der Waals surface area contributed by atoms with E-state index >= 15 is 0 Å². The number of nitrogens with zero attached hydrogens (tertiary/aromatic N) is 3. The second-order valence-corrected chi connectivity index (χ2v) is 7.81. The van der Waals surface area contributed by atoms with E-state index in [-0.39, 0.29) is 17.9 Å². The zero-order chi connectivity index (χ0) is 17.9. The van der Waals surface area contributed by atoms with E-state index in [1.54, 1.807) is 38.5 Å². The van der Waals surface area contributed by atoms with Crippen molar-refractivity contribution < 1.29 is 14.5 Å². The fourth-order valence-corrected chi connectivity index (χ4v) is 2.84. The normalized spacial score (nSPS) is 11.2. The molecule has 2 aromatic rings. The van der Waals surface area contributed by atoms with Gasteiger partial charge in [-0.25, -0.2) is 4.79 Å². The Morgan fingerprint density at radius 3 is 2.71 bits per heavy atom. The zero-order valence-corrected chi connectivity index (χ0v) is 15.8. The molecule has 0 aliphatic rings. The number of carbonyl (C=O) groups excluding carboxylic acids is 1. The number of hydrogen-bond donors (Lipinski definition) is 0. The van der Waals surface area contributed by atoms with Crippen LogP contribution < -0.4 is 4.90 Å². The monoisotopic (exact) mass is 413 g/mol. The van der Waals surface area contributed by atoms with Gasteiger partial charge in [0, 0.05) is 21.6 Å². The lowest BCUT2D eigenvalue weighted by molar-refractivity contribution is -0.384. The predicted molar refractivity (Wildman–Crippen MR) is 95.3 cm³/mol. The minimum Gasteiger partial charge on any atom is -0.443 e. The summed E-state index contributed by atoms with van der Waals surface area (Å²) >= 11 is 4.65. The van der Waals surface area contributed by atoms with E-state index in [1.165, 1.54) is 28.4 Å². The summed E-state index contributed by atoms with van der Waals surface area (Å²) in [6, 6.07) is 4.44. The number of carbonyl (C=O) groups is 1. The van der Waals surface area contributed by atoms with Gasteiger partial charge in [0.25, 0.3) is 5.69 Å². The van der Waals surface area contributed by atoms with Gasteiger partial charge in [-0.05, 0) is 32.9 Å². The summed E-state index contributed by atoms with van der Waals surface area (Å²) < 4.78 is 6.04. The number of nitro groups is 1. The van der Waals surface area contributed by atoms with Gasteiger partial charge in [0.05, 0.1) is 17.0 Å². The summed E-state index contributed by atoms with van der Waals surface area (Å²) in [6.07, 6.45) is 0.961. The number of rotatable bonds is 4. The summed E-state index contributed by atoms with van der Waals surface area (Å²) in [5.41, 5.74) is 0.910. The molecule has 0 spiro atoms. The lowest BCUT2D eigenvalue weighted by Gasteiger charge is -2.27. The van der Waals surface area contributed by atoms with E-state index in [4.69, 9.17) is 4.74 Å². The highest BCUT2D eigenvalue weighted by Gasteiger charge is 2.29. The number of aromatic nitrogens is 1. The van der Waals surface area contributed by atoms with Gasteiger partial charge in [0.1, 0.15) is 11.3 Å². The Morgan fingerprint density at radius 2 is 2.17 bits per heavy atom. The molecule has 0 radical (unpaired) electrons. The summed E-state index contributed by atoms with van der Waals surface area (Å²) in [5.74, 6) is 0. The second-order valence-electron chi connectivity index (χ2n) is 5.92. The number of anilines is 1. The summed E-state index contributed by atoms with van der Waals surface area (Å²) in [6.45, 7) is 5.36. The van der Waals surface area contributed by atoms with Gasteiger partial charge < -0.3 is 4.74 Å². The molecule has 0 saturated carbocycles. The number of thiazole rings is 1. The van der Waals surface area contributed by atoms with Crippen LogP contribution in [0.1, 0.15) is 25.6 Å². The van der Waals surface area contributed by atoms with Crippen LogP contribution in [0.5, 0.6) is 0 Å². The molecule has 7 nitrogen and oxygen atoms in total. The molecule has 0 bridgehead atoms. The standard InChI is InChI=1S/C15H16BrN3O4S/c1-15(2,3)23-14(20)18(8-11-7-17-9-24-11)13-6-10(16)4-5-12(13)19(21)22/h4-7,9H,8H2,1-3H3. The highest BCUT2D eigenvalue weighted by atomic mass is 79.9. The smallest absolute Gasteiger partial charge is 0.415 e. The van der Waals surface area contributed by atoms with Crippen molar-refractivity contribution in [3.63, 3.8) is 0 Å². The molecule has 0 atom stereocenters. The molecule has 24 heavy (non-hydrogen) atoms. The fourth-order valence-electron chi connectivity index (χ4n) is 1.91. The number of halogens is 1. The maximum atomic E-state index is 12.6. The maximum Gasteiger partial charge on any atom is 0.415 e. The van der Waals surface area contributed by atoms with Crippen LogP contribution in [-0.2, 0) is 11.3 Å². The molecule has 0 fully saturated rings. The lowest BCUT2D eigenvalue weighted by Crippen LogP contribution is -2.36. The Labute approximate surface area is 151 Å². The first kappa shape index (κ1) is 18.3. The molecule has 128 valence electrons. The van der Waals surface area contributed by atoms with Crippen molar-refractivity contribution >= 4 is 44.7 Å². The first-order valence-electron chi connectivity index (χ1n) is 6.99. The Morgan fingerprint density at radius 1 is 1.46 bits per heavy atom. The predicted octanol–water partition coefficient (Wildman–Crippen LogP) is 4.76. The van der Waals surface area contributed by atoms with Crippen LogP contribution in [0.15, 0.2) is 34.4 Å². The fraction of sp³-hybridized carbons (Fsp3) is 0.333. The van der Waals surface area contributed by atoms with Crippen LogP contribution in [0, 0.1) is 10.1 Å². The van der Waals surface area contributed by atoms with E-state index < -0.39 is 16.6 Å². The molecule has 0 saturated heterocycles. The van der Waals surface area contributed by atoms with Crippen molar-refractivity contribution in [2.75, 3.05) is 4.90 Å². The quantitative estimate of drug-likeness (QED) is 0.532. The van der Waals surface area contributed by atoms with Gasteiger partial charge in [-0.1, -0.05) is 15.9 Å². The molecule has 0 aliphatic carbocycles. The van der Waals surface area contributed by atoms with Gasteiger partial charge in [0.15, 0.2) is 0 Å². The molecule has 2 rings (SSSR count). The van der Waals surface area contributed by atoms with Crippen molar-refractivity contribution in [1.82, 2.24) is 4.98 Å². The van der Waals surface area contributed by atoms with Crippen molar-refractivity contribution in [2.45, 2.75) is 32.9 Å². The molecular formula is C15H16BrN3O4S. The number of nitro benzene ring substituents is 1. The molecule has 1 amide bonds. The van der Waals surface area contributed by atoms with Crippen LogP contribution in [0.25, 0.3) is 0 Å². The van der Waals surface area contributed by atoms with Crippen LogP contribution >= 0.6 is 27.3 Å². The van der Waals surface area contributed by atoms with Gasteiger partial charge in [0.2, 0.25) is 0 Å². The summed E-state index contributed by atoms with van der Waals surface area (Å²) in [4.78, 5) is 29.5. The van der Waals surface area contributed by atoms with E-state index in [1.807, 2.05) is 0 Å². The van der Waals surface area contributed by atoms with E-state index in [0.717, 1.165) is 4.88 Å². The zero-order valence-electron chi connectivity index (χ0n) is 13.4. The van der Waals surface area contributed by atoms with Crippen molar-refractivity contribution in [2.24, 2.45) is 0 Å². The molecular weight excluding hydrogens is 398 g/mol. The summed E-state index contributed by atoms with van der Waals surface area (Å²) in [5, 5.41) is 11.3. The highest BCUT2D eigenvalue weighted by Crippen LogP contribution is 2.33. The SMILES string of the molecule is CC(C)(C)OC(=O)N(Cc1cncs1)c1cc(Br)ccc1[N+](=O)[O-]. The van der Waals surface area contributed by atoms with Crippen molar-refractivity contribution in [1.29, 1.82) is 0 Å². The van der Waals surface area contributed by atoms with Gasteiger partial charge in [-0.3, -0.25) is 20.0 Å². The molecule has 0 unspecified atom stereocenters. The Bertz CT molecular complexity index is 744. The number of benzene rings is 1. The Hall–Kier alpha value is -2.00. The van der Waals surface area contributed by atoms with E-state index in [0.29, 0.717) is 4.47 Å². The molecule has 9 heteroatoms. The molecule has 0 N–H and O–H groups in total.